The van der Waals surface area contributed by atoms with Crippen molar-refractivity contribution in [1.29, 1.82) is 0 Å². The summed E-state index contributed by atoms with van der Waals surface area (Å²) in [4.78, 5) is 37.4. The molecule has 2 saturated heterocycles. The number of amides is 2. The Labute approximate surface area is 121 Å². The van der Waals surface area contributed by atoms with Crippen molar-refractivity contribution in [2.24, 2.45) is 0 Å². The number of aliphatic hydroxyl groups excluding tert-OH is 1. The first-order valence-electron chi connectivity index (χ1n) is 6.60. The van der Waals surface area contributed by atoms with Crippen LogP contribution in [0.3, 0.4) is 0 Å². The van der Waals surface area contributed by atoms with Gasteiger partial charge >= 0.3 is 18.0 Å². The summed E-state index contributed by atoms with van der Waals surface area (Å²) in [6, 6.07) is -1.57. The van der Waals surface area contributed by atoms with Gasteiger partial charge in [-0.3, -0.25) is 0 Å². The van der Waals surface area contributed by atoms with Crippen molar-refractivity contribution < 1.29 is 34.1 Å². The van der Waals surface area contributed by atoms with Crippen LogP contribution >= 0.6 is 0 Å². The van der Waals surface area contributed by atoms with E-state index in [1.807, 2.05) is 0 Å². The van der Waals surface area contributed by atoms with E-state index in [2.05, 4.69) is 4.74 Å². The molecule has 9 heteroatoms. The highest BCUT2D eigenvalue weighted by molar-refractivity contribution is 5.84. The van der Waals surface area contributed by atoms with Crippen LogP contribution in [-0.4, -0.2) is 89.6 Å². The molecule has 2 amide bonds. The summed E-state index contributed by atoms with van der Waals surface area (Å²) in [7, 11) is 1.23. The minimum atomic E-state index is -1.15. The molecule has 0 saturated carbocycles. The monoisotopic (exact) mass is 302 g/mol. The highest BCUT2D eigenvalue weighted by atomic mass is 16.6. The van der Waals surface area contributed by atoms with Gasteiger partial charge in [-0.15, -0.1) is 0 Å². The van der Waals surface area contributed by atoms with Crippen LogP contribution in [0.2, 0.25) is 0 Å². The number of hydrogen-bond acceptors (Lipinski definition) is 6. The Morgan fingerprint density at radius 1 is 1.29 bits per heavy atom. The minimum absolute atomic E-state index is 0.00441. The molecule has 2 aliphatic rings. The average Bonchev–Trinajstić information content (AvgIpc) is 2.88. The average molecular weight is 302 g/mol. The fourth-order valence-electron chi connectivity index (χ4n) is 2.54. The Hall–Kier alpha value is -1.87. The van der Waals surface area contributed by atoms with E-state index in [-0.39, 0.29) is 32.7 Å². The summed E-state index contributed by atoms with van der Waals surface area (Å²) < 4.78 is 9.79. The maximum absolute atomic E-state index is 12.4. The Balaban J connectivity index is 2.05. The molecule has 2 fully saturated rings. The van der Waals surface area contributed by atoms with Crippen molar-refractivity contribution in [1.82, 2.24) is 9.80 Å². The van der Waals surface area contributed by atoms with E-state index < -0.39 is 36.2 Å². The number of aliphatic carboxylic acids is 1. The SMILES string of the molecule is COC(=O)C1CN(C(=O)N2CC(O)CC2C(=O)O)CCO1. The summed E-state index contributed by atoms with van der Waals surface area (Å²) in [6.45, 7) is 0.394. The summed E-state index contributed by atoms with van der Waals surface area (Å²) in [5, 5.41) is 18.7. The molecule has 2 N–H and O–H groups in total. The lowest BCUT2D eigenvalue weighted by atomic mass is 10.2. The van der Waals surface area contributed by atoms with Gasteiger partial charge < -0.3 is 29.5 Å². The summed E-state index contributed by atoms with van der Waals surface area (Å²) in [6.07, 6.45) is -1.72. The third-order valence-corrected chi connectivity index (χ3v) is 3.61. The van der Waals surface area contributed by atoms with Gasteiger partial charge in [0.25, 0.3) is 0 Å². The largest absolute Gasteiger partial charge is 0.480 e. The van der Waals surface area contributed by atoms with E-state index >= 15 is 0 Å². The molecule has 118 valence electrons. The van der Waals surface area contributed by atoms with E-state index in [0.29, 0.717) is 0 Å². The fourth-order valence-corrected chi connectivity index (χ4v) is 2.54. The highest BCUT2D eigenvalue weighted by Gasteiger charge is 2.42. The smallest absolute Gasteiger partial charge is 0.336 e. The van der Waals surface area contributed by atoms with Crippen LogP contribution in [0, 0.1) is 0 Å². The van der Waals surface area contributed by atoms with Crippen molar-refractivity contribution in [2.45, 2.75) is 24.7 Å². The number of carbonyl (C=O) groups is 3. The Kier molecular flexibility index (Phi) is 4.63. The predicted octanol–water partition coefficient (Wildman–Crippen LogP) is -1.50. The molecule has 0 bridgehead atoms. The van der Waals surface area contributed by atoms with E-state index in [0.717, 1.165) is 4.90 Å². The van der Waals surface area contributed by atoms with Crippen LogP contribution in [-0.2, 0) is 19.1 Å². The normalized spacial score (nSPS) is 29.3. The van der Waals surface area contributed by atoms with Crippen LogP contribution in [0.1, 0.15) is 6.42 Å². The number of carbonyl (C=O) groups excluding carboxylic acids is 2. The first-order valence-corrected chi connectivity index (χ1v) is 6.60. The van der Waals surface area contributed by atoms with Crippen LogP contribution in [0.25, 0.3) is 0 Å². The second-order valence-electron chi connectivity index (χ2n) is 5.01. The number of hydrogen-bond donors (Lipinski definition) is 2. The van der Waals surface area contributed by atoms with Gasteiger partial charge in [-0.1, -0.05) is 0 Å². The first kappa shape index (κ1) is 15.5. The minimum Gasteiger partial charge on any atom is -0.480 e. The maximum Gasteiger partial charge on any atom is 0.336 e. The topological polar surface area (TPSA) is 117 Å². The molecule has 0 aromatic heterocycles. The van der Waals surface area contributed by atoms with Gasteiger partial charge in [0.15, 0.2) is 6.10 Å². The lowest BCUT2D eigenvalue weighted by Gasteiger charge is -2.35. The molecule has 3 unspecified atom stereocenters. The third-order valence-electron chi connectivity index (χ3n) is 3.61. The fraction of sp³-hybridized carbons (Fsp3) is 0.750. The lowest BCUT2D eigenvalue weighted by Crippen LogP contribution is -2.55. The van der Waals surface area contributed by atoms with E-state index in [9.17, 15) is 19.5 Å². The van der Waals surface area contributed by atoms with Crippen molar-refractivity contribution in [3.8, 4) is 0 Å². The Morgan fingerprint density at radius 2 is 2.00 bits per heavy atom. The van der Waals surface area contributed by atoms with Gasteiger partial charge in [0.05, 0.1) is 26.4 Å². The number of esters is 1. The van der Waals surface area contributed by atoms with Gasteiger partial charge in [-0.25, -0.2) is 14.4 Å². The number of rotatable bonds is 2. The second-order valence-corrected chi connectivity index (χ2v) is 5.01. The zero-order chi connectivity index (χ0) is 15.6. The Morgan fingerprint density at radius 3 is 2.62 bits per heavy atom. The zero-order valence-electron chi connectivity index (χ0n) is 11.6. The molecule has 9 nitrogen and oxygen atoms in total. The molecule has 0 spiro atoms. The number of aliphatic hydroxyl groups is 1. The Bertz CT molecular complexity index is 441. The van der Waals surface area contributed by atoms with Gasteiger partial charge in [0.1, 0.15) is 6.04 Å². The standard InChI is InChI=1S/C12H18N2O7/c1-20-11(18)9-6-13(2-3-21-9)12(19)14-5-7(15)4-8(14)10(16)17/h7-9,15H,2-6H2,1H3,(H,16,17). The second kappa shape index (κ2) is 6.27. The number of ether oxygens (including phenoxy) is 2. The van der Waals surface area contributed by atoms with Gasteiger partial charge in [-0.05, 0) is 0 Å². The highest BCUT2D eigenvalue weighted by Crippen LogP contribution is 2.21. The quantitative estimate of drug-likeness (QED) is 0.596. The van der Waals surface area contributed by atoms with Crippen LogP contribution in [0.15, 0.2) is 0 Å². The van der Waals surface area contributed by atoms with E-state index in [4.69, 9.17) is 9.84 Å². The van der Waals surface area contributed by atoms with Gasteiger partial charge in [0.2, 0.25) is 0 Å². The molecule has 2 rings (SSSR count). The van der Waals surface area contributed by atoms with Gasteiger partial charge in [0, 0.05) is 19.5 Å². The van der Waals surface area contributed by atoms with Crippen LogP contribution < -0.4 is 0 Å². The number of morpholine rings is 1. The number of β-amino-alcohol motifs (C(OH)–C–C–N with tert-alkyl or cyclic N) is 1. The number of methoxy groups -OCH3 is 1. The number of carboxylic acids is 1. The molecule has 2 aliphatic heterocycles. The zero-order valence-corrected chi connectivity index (χ0v) is 11.6. The van der Waals surface area contributed by atoms with Crippen LogP contribution in [0.5, 0.6) is 0 Å². The molecule has 3 atom stereocenters. The summed E-state index contributed by atoms with van der Waals surface area (Å²) in [5.41, 5.74) is 0. The third kappa shape index (κ3) is 3.24. The summed E-state index contributed by atoms with van der Waals surface area (Å²) >= 11 is 0. The maximum atomic E-state index is 12.4. The van der Waals surface area contributed by atoms with Crippen molar-refractivity contribution in [2.75, 3.05) is 33.4 Å². The number of likely N-dealkylation sites (tertiary alicyclic amines) is 1. The molecule has 0 aliphatic carbocycles. The number of urea groups is 1. The first-order chi connectivity index (χ1) is 9.93. The molecule has 0 aromatic rings. The number of nitrogens with zero attached hydrogens (tertiary/aromatic N) is 2. The molecule has 21 heavy (non-hydrogen) atoms. The molecule has 0 radical (unpaired) electrons. The molecule has 0 aromatic carbocycles. The van der Waals surface area contributed by atoms with E-state index in [1.165, 1.54) is 12.0 Å². The van der Waals surface area contributed by atoms with Crippen molar-refractivity contribution in [3.63, 3.8) is 0 Å². The lowest BCUT2D eigenvalue weighted by molar-refractivity contribution is -0.158. The summed E-state index contributed by atoms with van der Waals surface area (Å²) in [5.74, 6) is -1.73. The molecular formula is C12H18N2O7. The number of carboxylic acid groups (broad SMARTS) is 1. The van der Waals surface area contributed by atoms with Crippen LogP contribution in [0.4, 0.5) is 4.79 Å². The molecular weight excluding hydrogens is 284 g/mol. The van der Waals surface area contributed by atoms with Crippen molar-refractivity contribution >= 4 is 18.0 Å². The van der Waals surface area contributed by atoms with Gasteiger partial charge in [-0.2, -0.15) is 0 Å². The molecule has 2 heterocycles. The van der Waals surface area contributed by atoms with E-state index in [1.54, 1.807) is 0 Å². The van der Waals surface area contributed by atoms with Crippen molar-refractivity contribution in [3.05, 3.63) is 0 Å². The predicted molar refractivity (Wildman–Crippen MR) is 67.5 cm³/mol.